The third kappa shape index (κ3) is 3.41. The predicted molar refractivity (Wildman–Crippen MR) is 94.0 cm³/mol. The summed E-state index contributed by atoms with van der Waals surface area (Å²) in [5.41, 5.74) is 6.89. The zero-order valence-corrected chi connectivity index (χ0v) is 14.1. The maximum Gasteiger partial charge on any atom is 0.265 e. The lowest BCUT2D eigenvalue weighted by molar-refractivity contribution is 0.0930. The number of benzene rings is 1. The van der Waals surface area contributed by atoms with Crippen LogP contribution in [0.2, 0.25) is 0 Å². The summed E-state index contributed by atoms with van der Waals surface area (Å²) in [6.45, 7) is 0.627. The van der Waals surface area contributed by atoms with Gasteiger partial charge >= 0.3 is 0 Å². The Balaban J connectivity index is 1.81. The molecule has 3 N–H and O–H groups in total. The minimum absolute atomic E-state index is 0.0561. The van der Waals surface area contributed by atoms with Gasteiger partial charge in [0.2, 0.25) is 0 Å². The van der Waals surface area contributed by atoms with E-state index in [4.69, 9.17) is 10.5 Å². The summed E-state index contributed by atoms with van der Waals surface area (Å²) < 4.78 is 5.41. The lowest BCUT2D eigenvalue weighted by Crippen LogP contribution is -2.39. The topological polar surface area (TPSA) is 64.3 Å². The number of thiophene rings is 1. The monoisotopic (exact) mass is 330 g/mol. The van der Waals surface area contributed by atoms with Crippen LogP contribution >= 0.6 is 11.3 Å². The highest BCUT2D eigenvalue weighted by Crippen LogP contribution is 2.36. The van der Waals surface area contributed by atoms with Crippen molar-refractivity contribution in [3.8, 4) is 16.2 Å². The highest BCUT2D eigenvalue weighted by atomic mass is 32.1. The van der Waals surface area contributed by atoms with Gasteiger partial charge in [0.1, 0.15) is 10.6 Å². The van der Waals surface area contributed by atoms with Crippen LogP contribution in [0.1, 0.15) is 28.9 Å². The summed E-state index contributed by atoms with van der Waals surface area (Å²) in [5, 5.41) is 3.15. The Kier molecular flexibility index (Phi) is 4.98. The molecule has 1 fully saturated rings. The van der Waals surface area contributed by atoms with Gasteiger partial charge in [-0.15, -0.1) is 11.3 Å². The lowest BCUT2D eigenvalue weighted by atomic mass is 10.0. The van der Waals surface area contributed by atoms with E-state index in [1.54, 1.807) is 7.11 Å². The van der Waals surface area contributed by atoms with Crippen LogP contribution in [0.5, 0.6) is 5.75 Å². The molecule has 122 valence electrons. The SMILES string of the molecule is COc1cc(-c2ccccc2)sc1C(=O)NC1CCCC1CN. The van der Waals surface area contributed by atoms with Gasteiger partial charge in [-0.1, -0.05) is 36.8 Å². The minimum Gasteiger partial charge on any atom is -0.495 e. The first-order valence-corrected chi connectivity index (χ1v) is 8.78. The Morgan fingerprint density at radius 1 is 1.35 bits per heavy atom. The third-order valence-corrected chi connectivity index (χ3v) is 5.62. The lowest BCUT2D eigenvalue weighted by Gasteiger charge is -2.19. The summed E-state index contributed by atoms with van der Waals surface area (Å²) in [6, 6.07) is 12.2. The summed E-state index contributed by atoms with van der Waals surface area (Å²) >= 11 is 1.47. The van der Waals surface area contributed by atoms with Crippen LogP contribution in [0.4, 0.5) is 0 Å². The second-order valence-electron chi connectivity index (χ2n) is 5.88. The molecular formula is C18H22N2O2S. The van der Waals surface area contributed by atoms with E-state index in [9.17, 15) is 4.79 Å². The van der Waals surface area contributed by atoms with Crippen LogP contribution in [-0.2, 0) is 0 Å². The average Bonchev–Trinajstić information content (AvgIpc) is 3.21. The van der Waals surface area contributed by atoms with Gasteiger partial charge in [-0.3, -0.25) is 4.79 Å². The van der Waals surface area contributed by atoms with Crippen LogP contribution in [0.3, 0.4) is 0 Å². The zero-order valence-electron chi connectivity index (χ0n) is 13.2. The number of hydrogen-bond acceptors (Lipinski definition) is 4. The van der Waals surface area contributed by atoms with Crippen LogP contribution in [0.15, 0.2) is 36.4 Å². The van der Waals surface area contributed by atoms with Gasteiger partial charge in [-0.2, -0.15) is 0 Å². The molecule has 1 aliphatic carbocycles. The Labute approximate surface area is 140 Å². The van der Waals surface area contributed by atoms with E-state index < -0.39 is 0 Å². The Bertz CT molecular complexity index is 669. The first-order chi connectivity index (χ1) is 11.2. The van der Waals surface area contributed by atoms with Crippen LogP contribution < -0.4 is 15.8 Å². The molecule has 0 saturated heterocycles. The standard InChI is InChI=1S/C18H22N2O2S/c1-22-15-10-16(12-6-3-2-4-7-12)23-17(15)18(21)20-14-9-5-8-13(14)11-19/h2-4,6-7,10,13-14H,5,8-9,11,19H2,1H3,(H,20,21). The van der Waals surface area contributed by atoms with Crippen LogP contribution in [0, 0.1) is 5.92 Å². The van der Waals surface area contributed by atoms with E-state index in [1.165, 1.54) is 11.3 Å². The second kappa shape index (κ2) is 7.15. The molecule has 1 amide bonds. The first-order valence-electron chi connectivity index (χ1n) is 7.97. The minimum atomic E-state index is -0.0561. The van der Waals surface area contributed by atoms with Crippen molar-refractivity contribution in [1.29, 1.82) is 0 Å². The molecule has 3 rings (SSSR count). The maximum absolute atomic E-state index is 12.7. The van der Waals surface area contributed by atoms with Crippen molar-refractivity contribution in [2.75, 3.05) is 13.7 Å². The largest absolute Gasteiger partial charge is 0.495 e. The molecule has 23 heavy (non-hydrogen) atoms. The molecule has 4 nitrogen and oxygen atoms in total. The van der Waals surface area contributed by atoms with Crippen LogP contribution in [-0.4, -0.2) is 25.6 Å². The molecule has 2 aromatic rings. The fourth-order valence-corrected chi connectivity index (χ4v) is 4.21. The highest BCUT2D eigenvalue weighted by molar-refractivity contribution is 7.17. The van der Waals surface area contributed by atoms with Gasteiger partial charge in [0.25, 0.3) is 5.91 Å². The third-order valence-electron chi connectivity index (χ3n) is 4.46. The van der Waals surface area contributed by atoms with E-state index in [1.807, 2.05) is 36.4 Å². The fourth-order valence-electron chi connectivity index (χ4n) is 3.17. The summed E-state index contributed by atoms with van der Waals surface area (Å²) in [7, 11) is 1.60. The molecule has 1 aliphatic rings. The number of carbonyl (C=O) groups is 1. The van der Waals surface area contributed by atoms with E-state index in [-0.39, 0.29) is 11.9 Å². The first kappa shape index (κ1) is 16.0. The predicted octanol–water partition coefficient (Wildman–Crippen LogP) is 3.28. The smallest absolute Gasteiger partial charge is 0.265 e. The number of methoxy groups -OCH3 is 1. The molecule has 0 aliphatic heterocycles. The van der Waals surface area contributed by atoms with Gasteiger partial charge in [0.05, 0.1) is 7.11 Å². The molecule has 1 saturated carbocycles. The van der Waals surface area contributed by atoms with Crippen molar-refractivity contribution in [3.05, 3.63) is 41.3 Å². The number of rotatable bonds is 5. The number of hydrogen-bond donors (Lipinski definition) is 2. The number of nitrogens with two attached hydrogens (primary N) is 1. The van der Waals surface area contributed by atoms with Gasteiger partial charge in [-0.25, -0.2) is 0 Å². The van der Waals surface area contributed by atoms with Gasteiger partial charge < -0.3 is 15.8 Å². The zero-order chi connectivity index (χ0) is 16.2. The van der Waals surface area contributed by atoms with Gasteiger partial charge in [0, 0.05) is 10.9 Å². The van der Waals surface area contributed by atoms with Crippen molar-refractivity contribution in [1.82, 2.24) is 5.32 Å². The molecule has 1 heterocycles. The van der Waals surface area contributed by atoms with Crippen molar-refractivity contribution in [2.24, 2.45) is 11.7 Å². The molecule has 1 aromatic carbocycles. The van der Waals surface area contributed by atoms with Crippen molar-refractivity contribution >= 4 is 17.2 Å². The second-order valence-corrected chi connectivity index (χ2v) is 6.93. The quantitative estimate of drug-likeness (QED) is 0.884. The number of carbonyl (C=O) groups excluding carboxylic acids is 1. The van der Waals surface area contributed by atoms with E-state index in [2.05, 4.69) is 5.32 Å². The molecule has 2 atom stereocenters. The Hall–Kier alpha value is -1.85. The number of nitrogens with one attached hydrogen (secondary N) is 1. The molecule has 2 unspecified atom stereocenters. The van der Waals surface area contributed by atoms with Gasteiger partial charge in [-0.05, 0) is 36.9 Å². The summed E-state index contributed by atoms with van der Waals surface area (Å²) in [5.74, 6) is 0.964. The van der Waals surface area contributed by atoms with E-state index in [0.29, 0.717) is 23.1 Å². The fraction of sp³-hybridized carbons (Fsp3) is 0.389. The maximum atomic E-state index is 12.7. The van der Waals surface area contributed by atoms with Crippen molar-refractivity contribution in [3.63, 3.8) is 0 Å². The van der Waals surface area contributed by atoms with Gasteiger partial charge in [0.15, 0.2) is 0 Å². The molecule has 0 spiro atoms. The molecule has 5 heteroatoms. The van der Waals surface area contributed by atoms with E-state index >= 15 is 0 Å². The molecule has 0 radical (unpaired) electrons. The molecule has 0 bridgehead atoms. The normalized spacial score (nSPS) is 20.4. The Morgan fingerprint density at radius 3 is 2.83 bits per heavy atom. The number of ether oxygens (including phenoxy) is 1. The van der Waals surface area contributed by atoms with E-state index in [0.717, 1.165) is 29.7 Å². The highest BCUT2D eigenvalue weighted by Gasteiger charge is 2.29. The summed E-state index contributed by atoms with van der Waals surface area (Å²) in [4.78, 5) is 14.3. The van der Waals surface area contributed by atoms with Crippen LogP contribution in [0.25, 0.3) is 10.4 Å². The Morgan fingerprint density at radius 2 is 2.13 bits per heavy atom. The van der Waals surface area contributed by atoms with Crippen molar-refractivity contribution < 1.29 is 9.53 Å². The average molecular weight is 330 g/mol. The number of amides is 1. The van der Waals surface area contributed by atoms with Crippen molar-refractivity contribution in [2.45, 2.75) is 25.3 Å². The molecule has 1 aromatic heterocycles. The molecular weight excluding hydrogens is 308 g/mol. The summed E-state index contributed by atoms with van der Waals surface area (Å²) in [6.07, 6.45) is 3.23.